The second-order valence-electron chi connectivity index (χ2n) is 22.3. The van der Waals surface area contributed by atoms with Gasteiger partial charge in [0.1, 0.15) is 0 Å². The molecule has 0 atom stereocenters. The van der Waals surface area contributed by atoms with Gasteiger partial charge in [-0.25, -0.2) is 0 Å². The van der Waals surface area contributed by atoms with Gasteiger partial charge in [-0.1, -0.05) is 161 Å². The SMILES string of the molecule is CC1(C)c2ccccc2N(c2ccc(-n3c4ccccc4c4c(-c5cccc(C#N)c5)c5c(c(-c6cccc(C#N)c6)c43)c3ccccc3n5-c3ccc(N4c5ccccc5C(C)(C)c5ccccc54)cc3)cc2)c2ccccc21. The van der Waals surface area contributed by atoms with Crippen LogP contribution in [-0.2, 0) is 10.8 Å². The molecule has 6 nitrogen and oxygen atoms in total. The van der Waals surface area contributed by atoms with Crippen LogP contribution in [0, 0.1) is 22.7 Å². The Balaban J connectivity index is 1.03. The van der Waals surface area contributed by atoms with Gasteiger partial charge in [-0.2, -0.15) is 10.5 Å². The van der Waals surface area contributed by atoms with E-state index in [4.69, 9.17) is 0 Å². The van der Waals surface area contributed by atoms with Crippen LogP contribution in [0.25, 0.3) is 77.2 Å². The standard InChI is InChI=1S/C74H52N6/c1-73(2)57-25-7-13-31-63(57)77(64-32-14-8-26-58(64)73)51-35-39-53(40-36-51)79-61-29-11-5-23-55(61)69-68(50-22-18-20-48(44-50)46-76)72-70(67(71(69)79)49-21-17-19-47(43-49)45-75)56-24-6-12-30-62(56)80(72)54-41-37-52(38-42-54)78-65-33-15-9-27-59(65)74(3,4)60-28-10-16-34-66(60)78/h5-44H,1-4H3. The summed E-state index contributed by atoms with van der Waals surface area (Å²) in [6.07, 6.45) is 0. The van der Waals surface area contributed by atoms with Gasteiger partial charge in [0.15, 0.2) is 0 Å². The number of nitriles is 2. The third-order valence-electron chi connectivity index (χ3n) is 17.3. The highest BCUT2D eigenvalue weighted by molar-refractivity contribution is 6.33. The Morgan fingerprint density at radius 2 is 0.637 bits per heavy atom. The molecule has 80 heavy (non-hydrogen) atoms. The minimum atomic E-state index is -0.182. The van der Waals surface area contributed by atoms with Crippen LogP contribution in [-0.4, -0.2) is 9.13 Å². The first-order valence-corrected chi connectivity index (χ1v) is 27.4. The smallest absolute Gasteiger partial charge is 0.0991 e. The van der Waals surface area contributed by atoms with E-state index in [9.17, 15) is 10.5 Å². The molecular formula is C74H52N6. The molecule has 4 heterocycles. The number of hydrogen-bond acceptors (Lipinski definition) is 4. The highest BCUT2D eigenvalue weighted by atomic mass is 15.2. The van der Waals surface area contributed by atoms with Crippen molar-refractivity contribution in [2.45, 2.75) is 38.5 Å². The largest absolute Gasteiger partial charge is 0.310 e. The zero-order valence-electron chi connectivity index (χ0n) is 44.8. The normalized spacial score (nSPS) is 13.9. The van der Waals surface area contributed by atoms with Crippen molar-refractivity contribution in [3.8, 4) is 45.8 Å². The fourth-order valence-corrected chi connectivity index (χ4v) is 13.7. The molecule has 0 amide bonds. The van der Waals surface area contributed by atoms with Crippen molar-refractivity contribution < 1.29 is 0 Å². The van der Waals surface area contributed by atoms with Crippen molar-refractivity contribution in [2.24, 2.45) is 0 Å². The molecule has 2 aliphatic rings. The first-order chi connectivity index (χ1) is 39.1. The van der Waals surface area contributed by atoms with Crippen LogP contribution in [0.2, 0.25) is 0 Å². The van der Waals surface area contributed by atoms with E-state index < -0.39 is 0 Å². The molecule has 0 N–H and O–H groups in total. The Morgan fingerprint density at radius 3 is 0.988 bits per heavy atom. The molecule has 0 unspecified atom stereocenters. The van der Waals surface area contributed by atoms with Gasteiger partial charge >= 0.3 is 0 Å². The van der Waals surface area contributed by atoms with E-state index in [2.05, 4.69) is 265 Å². The fourth-order valence-electron chi connectivity index (χ4n) is 13.7. The Hall–Kier alpha value is -10.4. The molecule has 6 heteroatoms. The number of hydrogen-bond donors (Lipinski definition) is 0. The number of anilines is 6. The van der Waals surface area contributed by atoms with E-state index in [0.717, 1.165) is 88.6 Å². The number of nitrogens with zero attached hydrogens (tertiary/aromatic N) is 6. The summed E-state index contributed by atoms with van der Waals surface area (Å²) < 4.78 is 4.86. The minimum absolute atomic E-state index is 0.182. The van der Waals surface area contributed by atoms with Gasteiger partial charge in [-0.3, -0.25) is 0 Å². The first-order valence-electron chi connectivity index (χ1n) is 27.4. The van der Waals surface area contributed by atoms with Gasteiger partial charge in [0, 0.05) is 66.3 Å². The van der Waals surface area contributed by atoms with Gasteiger partial charge in [-0.05, 0) is 143 Å². The topological polar surface area (TPSA) is 63.9 Å². The molecule has 11 aromatic carbocycles. The number of rotatable bonds is 6. The molecule has 378 valence electrons. The maximum atomic E-state index is 10.6. The molecule has 2 aromatic heterocycles. The molecule has 0 saturated heterocycles. The fraction of sp³-hybridized carbons (Fsp3) is 0.0811. The van der Waals surface area contributed by atoms with Crippen LogP contribution >= 0.6 is 0 Å². The lowest BCUT2D eigenvalue weighted by Crippen LogP contribution is -2.30. The van der Waals surface area contributed by atoms with Crippen molar-refractivity contribution in [3.05, 3.63) is 276 Å². The van der Waals surface area contributed by atoms with E-state index >= 15 is 0 Å². The lowest BCUT2D eigenvalue weighted by Gasteiger charge is -2.42. The summed E-state index contributed by atoms with van der Waals surface area (Å²) in [7, 11) is 0. The van der Waals surface area contributed by atoms with E-state index in [1.54, 1.807) is 0 Å². The lowest BCUT2D eigenvalue weighted by atomic mass is 9.73. The van der Waals surface area contributed by atoms with Crippen LogP contribution in [0.15, 0.2) is 243 Å². The predicted octanol–water partition coefficient (Wildman–Crippen LogP) is 19.2. The van der Waals surface area contributed by atoms with Gasteiger partial charge in [-0.15, -0.1) is 0 Å². The van der Waals surface area contributed by atoms with Crippen LogP contribution in [0.1, 0.15) is 61.1 Å². The van der Waals surface area contributed by atoms with Crippen molar-refractivity contribution in [1.82, 2.24) is 9.13 Å². The van der Waals surface area contributed by atoms with E-state index in [-0.39, 0.29) is 10.8 Å². The molecule has 0 aliphatic carbocycles. The van der Waals surface area contributed by atoms with Crippen molar-refractivity contribution in [3.63, 3.8) is 0 Å². The third-order valence-corrected chi connectivity index (χ3v) is 17.3. The van der Waals surface area contributed by atoms with Crippen molar-refractivity contribution in [2.75, 3.05) is 9.80 Å². The summed E-state index contributed by atoms with van der Waals surface area (Å²) in [5.41, 5.74) is 22.7. The van der Waals surface area contributed by atoms with Crippen molar-refractivity contribution in [1.29, 1.82) is 10.5 Å². The second kappa shape index (κ2) is 17.6. The average molecular weight is 1030 g/mol. The van der Waals surface area contributed by atoms with Crippen LogP contribution in [0.4, 0.5) is 34.1 Å². The summed E-state index contributed by atoms with van der Waals surface area (Å²) in [5, 5.41) is 25.4. The number of benzene rings is 11. The first kappa shape index (κ1) is 46.9. The third kappa shape index (κ3) is 6.70. The average Bonchev–Trinajstić information content (AvgIpc) is 3.33. The van der Waals surface area contributed by atoms with Crippen LogP contribution in [0.3, 0.4) is 0 Å². The van der Waals surface area contributed by atoms with Crippen LogP contribution < -0.4 is 9.80 Å². The Bertz CT molecular complexity index is 4400. The lowest BCUT2D eigenvalue weighted by molar-refractivity contribution is 0.632. The second-order valence-corrected chi connectivity index (χ2v) is 22.3. The monoisotopic (exact) mass is 1020 g/mol. The summed E-state index contributed by atoms with van der Waals surface area (Å²) >= 11 is 0. The highest BCUT2D eigenvalue weighted by Gasteiger charge is 2.38. The Morgan fingerprint density at radius 1 is 0.325 bits per heavy atom. The molecule has 0 radical (unpaired) electrons. The maximum Gasteiger partial charge on any atom is 0.0991 e. The zero-order chi connectivity index (χ0) is 54.0. The zero-order valence-corrected chi connectivity index (χ0v) is 44.8. The molecule has 15 rings (SSSR count). The predicted molar refractivity (Wildman–Crippen MR) is 329 cm³/mol. The molecular weight excluding hydrogens is 973 g/mol. The Kier molecular flexibility index (Phi) is 10.3. The van der Waals surface area contributed by atoms with Gasteiger partial charge in [0.05, 0.1) is 68.1 Å². The highest BCUT2D eigenvalue weighted by Crippen LogP contribution is 2.56. The quantitative estimate of drug-likeness (QED) is 0.166. The molecule has 0 bridgehead atoms. The molecule has 2 aliphatic heterocycles. The summed E-state index contributed by atoms with van der Waals surface area (Å²) in [4.78, 5) is 4.81. The molecule has 0 spiro atoms. The van der Waals surface area contributed by atoms with Gasteiger partial charge < -0.3 is 18.9 Å². The summed E-state index contributed by atoms with van der Waals surface area (Å²) in [6, 6.07) is 91.7. The molecule has 0 saturated carbocycles. The molecule has 13 aromatic rings. The van der Waals surface area contributed by atoms with Gasteiger partial charge in [0.2, 0.25) is 0 Å². The van der Waals surface area contributed by atoms with Crippen LogP contribution in [0.5, 0.6) is 0 Å². The van der Waals surface area contributed by atoms with E-state index in [1.165, 1.54) is 45.0 Å². The van der Waals surface area contributed by atoms with Crippen molar-refractivity contribution >= 4 is 77.7 Å². The number of para-hydroxylation sites is 6. The summed E-state index contributed by atoms with van der Waals surface area (Å²) in [6.45, 7) is 9.28. The number of aromatic nitrogens is 2. The summed E-state index contributed by atoms with van der Waals surface area (Å²) in [5.74, 6) is 0. The number of fused-ring (bicyclic) bond motifs is 10. The maximum absolute atomic E-state index is 10.6. The minimum Gasteiger partial charge on any atom is -0.310 e. The van der Waals surface area contributed by atoms with Gasteiger partial charge in [0.25, 0.3) is 0 Å². The Labute approximate surface area is 465 Å². The van der Waals surface area contributed by atoms with E-state index in [0.29, 0.717) is 11.1 Å². The van der Waals surface area contributed by atoms with E-state index in [1.807, 2.05) is 36.4 Å². The molecule has 0 fully saturated rings.